The van der Waals surface area contributed by atoms with Crippen LogP contribution in [0.25, 0.3) is 20.5 Å². The Morgan fingerprint density at radius 3 is 3.07 bits per heavy atom. The molecule has 0 fully saturated rings. The van der Waals surface area contributed by atoms with Crippen LogP contribution in [0, 0.1) is 6.07 Å². The van der Waals surface area contributed by atoms with E-state index in [0.717, 1.165) is 0 Å². The summed E-state index contributed by atoms with van der Waals surface area (Å²) in [7, 11) is 0. The number of nitrogens with zero attached hydrogens (tertiary/aromatic N) is 1. The van der Waals surface area contributed by atoms with Crippen LogP contribution in [0.5, 0.6) is 0 Å². The van der Waals surface area contributed by atoms with Crippen LogP contribution in [-0.4, -0.2) is 4.98 Å². The second-order valence-electron chi connectivity index (χ2n) is 3.32. The molecule has 15 heavy (non-hydrogen) atoms. The Labute approximate surface area is 92.0 Å². The molecule has 0 spiro atoms. The number of benzene rings is 1. The normalized spacial score (nSPS) is 10.7. The van der Waals surface area contributed by atoms with Gasteiger partial charge in [-0.15, -0.1) is 11.3 Å². The predicted octanol–water partition coefficient (Wildman–Crippen LogP) is 3.76. The van der Waals surface area contributed by atoms with Crippen molar-refractivity contribution in [3.63, 3.8) is 0 Å². The van der Waals surface area contributed by atoms with Crippen molar-refractivity contribution in [2.75, 3.05) is 0 Å². The fourth-order valence-corrected chi connectivity index (χ4v) is 2.61. The minimum Gasteiger partial charge on any atom is -0.264 e. The van der Waals surface area contributed by atoms with E-state index < -0.39 is 0 Å². The van der Waals surface area contributed by atoms with E-state index in [2.05, 4.69) is 29.2 Å². The number of thiophene rings is 1. The van der Waals surface area contributed by atoms with Gasteiger partial charge in [0.05, 0.1) is 0 Å². The zero-order valence-electron chi connectivity index (χ0n) is 7.97. The molecule has 2 heteroatoms. The Hall–Kier alpha value is -1.67. The van der Waals surface area contributed by atoms with Gasteiger partial charge in [0.1, 0.15) is 0 Å². The number of hydrogen-bond donors (Lipinski definition) is 0. The van der Waals surface area contributed by atoms with Gasteiger partial charge in [-0.1, -0.05) is 18.2 Å². The SMILES string of the molecule is [c]1ccc2cc(-c3cccnc3)sc2c1. The number of hydrogen-bond acceptors (Lipinski definition) is 2. The molecular weight excluding hydrogens is 202 g/mol. The second-order valence-corrected chi connectivity index (χ2v) is 4.40. The highest BCUT2D eigenvalue weighted by atomic mass is 32.1. The lowest BCUT2D eigenvalue weighted by Crippen LogP contribution is -1.72. The van der Waals surface area contributed by atoms with E-state index in [-0.39, 0.29) is 0 Å². The molecule has 71 valence electrons. The summed E-state index contributed by atoms with van der Waals surface area (Å²) in [6.45, 7) is 0. The Balaban J connectivity index is 2.21. The average Bonchev–Trinajstić information content (AvgIpc) is 2.74. The van der Waals surface area contributed by atoms with E-state index in [1.165, 1.54) is 20.5 Å². The monoisotopic (exact) mass is 210 g/mol. The molecule has 0 amide bonds. The van der Waals surface area contributed by atoms with Gasteiger partial charge in [0.15, 0.2) is 0 Å². The van der Waals surface area contributed by atoms with Crippen LogP contribution >= 0.6 is 11.3 Å². The first-order chi connectivity index (χ1) is 7.43. The summed E-state index contributed by atoms with van der Waals surface area (Å²) in [5.41, 5.74) is 1.18. The molecule has 0 unspecified atom stereocenters. The van der Waals surface area contributed by atoms with Gasteiger partial charge in [0.25, 0.3) is 0 Å². The maximum Gasteiger partial charge on any atom is 0.0370 e. The second kappa shape index (κ2) is 3.48. The van der Waals surface area contributed by atoms with E-state index in [4.69, 9.17) is 0 Å². The molecule has 0 aliphatic heterocycles. The maximum atomic E-state index is 4.13. The molecule has 0 atom stereocenters. The van der Waals surface area contributed by atoms with E-state index in [9.17, 15) is 0 Å². The summed E-state index contributed by atoms with van der Waals surface area (Å²) in [4.78, 5) is 5.39. The van der Waals surface area contributed by atoms with Gasteiger partial charge in [0.2, 0.25) is 0 Å². The summed E-state index contributed by atoms with van der Waals surface area (Å²) in [5, 5.41) is 1.28. The molecule has 2 aromatic heterocycles. The van der Waals surface area contributed by atoms with Crippen molar-refractivity contribution >= 4 is 21.4 Å². The van der Waals surface area contributed by atoms with Crippen LogP contribution in [-0.2, 0) is 0 Å². The Kier molecular flexibility index (Phi) is 2.00. The summed E-state index contributed by atoms with van der Waals surface area (Å²) in [6, 6.07) is 15.4. The smallest absolute Gasteiger partial charge is 0.0370 e. The molecule has 0 bridgehead atoms. The highest BCUT2D eigenvalue weighted by Crippen LogP contribution is 2.32. The maximum absolute atomic E-state index is 4.13. The van der Waals surface area contributed by atoms with E-state index >= 15 is 0 Å². The third-order valence-electron chi connectivity index (χ3n) is 2.31. The van der Waals surface area contributed by atoms with Crippen LogP contribution < -0.4 is 0 Å². The van der Waals surface area contributed by atoms with Crippen molar-refractivity contribution in [1.82, 2.24) is 4.98 Å². The molecule has 0 saturated carbocycles. The summed E-state index contributed by atoms with van der Waals surface area (Å²) >= 11 is 1.78. The fraction of sp³-hybridized carbons (Fsp3) is 0. The third-order valence-corrected chi connectivity index (χ3v) is 3.46. The van der Waals surface area contributed by atoms with Crippen molar-refractivity contribution < 1.29 is 0 Å². The molecule has 1 nitrogen and oxygen atoms in total. The van der Waals surface area contributed by atoms with E-state index in [1.54, 1.807) is 17.5 Å². The number of aromatic nitrogens is 1. The number of pyridine rings is 1. The largest absolute Gasteiger partial charge is 0.264 e. The Morgan fingerprint density at radius 2 is 2.27 bits per heavy atom. The van der Waals surface area contributed by atoms with Crippen molar-refractivity contribution in [1.29, 1.82) is 0 Å². The van der Waals surface area contributed by atoms with Gasteiger partial charge in [-0.2, -0.15) is 0 Å². The van der Waals surface area contributed by atoms with Crippen LogP contribution in [0.15, 0.2) is 48.8 Å². The quantitative estimate of drug-likeness (QED) is 0.596. The Bertz CT molecular complexity index is 551. The van der Waals surface area contributed by atoms with Crippen LogP contribution in [0.1, 0.15) is 0 Å². The van der Waals surface area contributed by atoms with Gasteiger partial charge >= 0.3 is 0 Å². The molecule has 0 aliphatic carbocycles. The molecule has 3 rings (SSSR count). The highest BCUT2D eigenvalue weighted by Gasteiger charge is 2.02. The van der Waals surface area contributed by atoms with Crippen molar-refractivity contribution in [2.45, 2.75) is 0 Å². The topological polar surface area (TPSA) is 12.9 Å². The molecule has 1 aromatic carbocycles. The minimum atomic E-state index is 1.18. The zero-order chi connectivity index (χ0) is 10.1. The van der Waals surface area contributed by atoms with Crippen molar-refractivity contribution in [3.8, 4) is 10.4 Å². The molecular formula is C13H8NS. The van der Waals surface area contributed by atoms with Crippen molar-refractivity contribution in [3.05, 3.63) is 54.9 Å². The highest BCUT2D eigenvalue weighted by molar-refractivity contribution is 7.22. The summed E-state index contributed by atoms with van der Waals surface area (Å²) in [6.07, 6.45) is 3.69. The van der Waals surface area contributed by atoms with E-state index in [0.29, 0.717) is 0 Å². The fourth-order valence-electron chi connectivity index (χ4n) is 1.57. The van der Waals surface area contributed by atoms with Gasteiger partial charge in [-0.05, 0) is 29.7 Å². The standard InChI is InChI=1S/C13H8NS/c1-2-6-12-10(4-1)8-13(15-12)11-5-3-7-14-9-11/h1,3-9H. The molecule has 0 saturated heterocycles. The summed E-state index contributed by atoms with van der Waals surface area (Å²) in [5.74, 6) is 0. The van der Waals surface area contributed by atoms with Gasteiger partial charge < -0.3 is 0 Å². The zero-order valence-corrected chi connectivity index (χ0v) is 8.79. The minimum absolute atomic E-state index is 1.18. The van der Waals surface area contributed by atoms with Gasteiger partial charge in [-0.3, -0.25) is 4.98 Å². The molecule has 0 aliphatic rings. The number of rotatable bonds is 1. The van der Waals surface area contributed by atoms with E-state index in [1.807, 2.05) is 24.4 Å². The Morgan fingerprint density at radius 1 is 1.27 bits per heavy atom. The first-order valence-corrected chi connectivity index (χ1v) is 5.55. The summed E-state index contributed by atoms with van der Waals surface area (Å²) < 4.78 is 1.27. The van der Waals surface area contributed by atoms with Crippen molar-refractivity contribution in [2.24, 2.45) is 0 Å². The lowest BCUT2D eigenvalue weighted by Gasteiger charge is -1.92. The van der Waals surface area contributed by atoms with Crippen LogP contribution in [0.4, 0.5) is 0 Å². The first-order valence-electron chi connectivity index (χ1n) is 4.73. The molecule has 3 aromatic rings. The lowest BCUT2D eigenvalue weighted by molar-refractivity contribution is 1.33. The van der Waals surface area contributed by atoms with Gasteiger partial charge in [0, 0.05) is 27.5 Å². The molecule has 0 N–H and O–H groups in total. The van der Waals surface area contributed by atoms with Gasteiger partial charge in [-0.25, -0.2) is 0 Å². The van der Waals surface area contributed by atoms with Crippen LogP contribution in [0.2, 0.25) is 0 Å². The average molecular weight is 210 g/mol. The molecule has 1 radical (unpaired) electrons. The first kappa shape index (κ1) is 8.62. The third kappa shape index (κ3) is 1.53. The number of fused-ring (bicyclic) bond motifs is 1. The predicted molar refractivity (Wildman–Crippen MR) is 63.9 cm³/mol. The van der Waals surface area contributed by atoms with Crippen LogP contribution in [0.3, 0.4) is 0 Å². The lowest BCUT2D eigenvalue weighted by atomic mass is 10.2. The molecule has 2 heterocycles.